The lowest BCUT2D eigenvalue weighted by Crippen LogP contribution is -2.30. The van der Waals surface area contributed by atoms with Gasteiger partial charge >= 0.3 is 5.97 Å². The number of carbonyl (C=O) groups excluding carboxylic acids is 2. The average molecular weight is 389 g/mol. The molecule has 3 rings (SSSR count). The number of furan rings is 1. The van der Waals surface area contributed by atoms with Crippen molar-refractivity contribution < 1.29 is 32.3 Å². The first-order valence-corrected chi connectivity index (χ1v) is 8.34. The van der Waals surface area contributed by atoms with Crippen LogP contribution in [0.5, 0.6) is 5.75 Å². The van der Waals surface area contributed by atoms with E-state index in [4.69, 9.17) is 13.9 Å². The van der Waals surface area contributed by atoms with Crippen LogP contribution in [0, 0.1) is 18.6 Å². The Hall–Kier alpha value is -3.42. The minimum Gasteiger partial charge on any atom is -0.497 e. The summed E-state index contributed by atoms with van der Waals surface area (Å²) >= 11 is 0. The first kappa shape index (κ1) is 19.3. The zero-order valence-electron chi connectivity index (χ0n) is 15.3. The number of amides is 1. The molecule has 0 spiro atoms. The Bertz CT molecular complexity index is 1060. The second-order valence-corrected chi connectivity index (χ2v) is 6.08. The molecular formula is C20H17F2NO5. The van der Waals surface area contributed by atoms with Gasteiger partial charge in [0.1, 0.15) is 11.3 Å². The Morgan fingerprint density at radius 1 is 1.11 bits per heavy atom. The van der Waals surface area contributed by atoms with Crippen LogP contribution in [0.15, 0.2) is 40.8 Å². The molecule has 146 valence electrons. The van der Waals surface area contributed by atoms with Gasteiger partial charge in [0.25, 0.3) is 5.91 Å². The molecule has 0 aliphatic heterocycles. The van der Waals surface area contributed by atoms with E-state index in [2.05, 4.69) is 5.32 Å². The maximum absolute atomic E-state index is 13.2. The lowest BCUT2D eigenvalue weighted by Gasteiger charge is -2.13. The van der Waals surface area contributed by atoms with Gasteiger partial charge in [-0.05, 0) is 44.2 Å². The second-order valence-electron chi connectivity index (χ2n) is 6.08. The van der Waals surface area contributed by atoms with Gasteiger partial charge in [-0.15, -0.1) is 0 Å². The highest BCUT2D eigenvalue weighted by molar-refractivity contribution is 5.99. The van der Waals surface area contributed by atoms with Crippen molar-refractivity contribution in [2.24, 2.45) is 0 Å². The van der Waals surface area contributed by atoms with Crippen LogP contribution < -0.4 is 10.1 Å². The summed E-state index contributed by atoms with van der Waals surface area (Å²) in [6.07, 6.45) is -1.19. The van der Waals surface area contributed by atoms with Crippen molar-refractivity contribution in [3.8, 4) is 5.75 Å². The van der Waals surface area contributed by atoms with Crippen LogP contribution in [0.1, 0.15) is 23.0 Å². The summed E-state index contributed by atoms with van der Waals surface area (Å²) in [5, 5.41) is 3.04. The van der Waals surface area contributed by atoms with E-state index in [0.29, 0.717) is 22.3 Å². The predicted octanol–water partition coefficient (Wildman–Crippen LogP) is 4.21. The Morgan fingerprint density at radius 3 is 2.54 bits per heavy atom. The highest BCUT2D eigenvalue weighted by atomic mass is 19.2. The minimum atomic E-state index is -1.19. The number of fused-ring (bicyclic) bond motifs is 1. The van der Waals surface area contributed by atoms with Crippen LogP contribution in [-0.2, 0) is 9.53 Å². The Labute approximate surface area is 159 Å². The average Bonchev–Trinajstić information content (AvgIpc) is 3.00. The summed E-state index contributed by atoms with van der Waals surface area (Å²) in [5.74, 6) is -3.08. The molecule has 1 atom stereocenters. The topological polar surface area (TPSA) is 77.8 Å². The molecule has 0 fully saturated rings. The summed E-state index contributed by atoms with van der Waals surface area (Å²) < 4.78 is 42.0. The third-order valence-corrected chi connectivity index (χ3v) is 4.17. The van der Waals surface area contributed by atoms with Crippen LogP contribution in [0.4, 0.5) is 14.5 Å². The van der Waals surface area contributed by atoms with Crippen LogP contribution >= 0.6 is 0 Å². The molecule has 0 saturated heterocycles. The Balaban J connectivity index is 1.73. The van der Waals surface area contributed by atoms with Gasteiger partial charge in [-0.1, -0.05) is 0 Å². The summed E-state index contributed by atoms with van der Waals surface area (Å²) in [6.45, 7) is 3.04. The largest absolute Gasteiger partial charge is 0.497 e. The molecule has 8 heteroatoms. The van der Waals surface area contributed by atoms with E-state index in [9.17, 15) is 18.4 Å². The first-order valence-electron chi connectivity index (χ1n) is 8.34. The lowest BCUT2D eigenvalue weighted by molar-refractivity contribution is -0.123. The van der Waals surface area contributed by atoms with Gasteiger partial charge in [0.15, 0.2) is 17.7 Å². The van der Waals surface area contributed by atoms with Gasteiger partial charge in [-0.3, -0.25) is 4.79 Å². The van der Waals surface area contributed by atoms with Gasteiger partial charge in [0, 0.05) is 22.7 Å². The van der Waals surface area contributed by atoms with Gasteiger partial charge < -0.3 is 19.2 Å². The summed E-state index contributed by atoms with van der Waals surface area (Å²) in [6, 6.07) is 7.99. The minimum absolute atomic E-state index is 0.0317. The zero-order valence-corrected chi connectivity index (χ0v) is 15.3. The van der Waals surface area contributed by atoms with Crippen molar-refractivity contribution >= 4 is 28.5 Å². The number of anilines is 1. The summed E-state index contributed by atoms with van der Waals surface area (Å²) in [7, 11) is 1.53. The SMILES string of the molecule is COc1ccc2oc(C(=O)O[C@@H](C)C(=O)Nc3ccc(F)c(F)c3)c(C)c2c1. The molecule has 1 heterocycles. The third kappa shape index (κ3) is 3.80. The van der Waals surface area contributed by atoms with E-state index in [0.717, 1.165) is 12.1 Å². The molecule has 0 unspecified atom stereocenters. The van der Waals surface area contributed by atoms with Crippen LogP contribution in [-0.4, -0.2) is 25.1 Å². The molecule has 0 aliphatic rings. The number of nitrogens with one attached hydrogen (secondary N) is 1. The maximum atomic E-state index is 13.2. The van der Waals surface area contributed by atoms with Gasteiger partial charge in [0.2, 0.25) is 5.76 Å². The van der Waals surface area contributed by atoms with E-state index < -0.39 is 29.6 Å². The maximum Gasteiger partial charge on any atom is 0.375 e. The Morgan fingerprint density at radius 2 is 1.86 bits per heavy atom. The number of carbonyl (C=O) groups is 2. The van der Waals surface area contributed by atoms with Crippen molar-refractivity contribution in [3.05, 3.63) is 59.4 Å². The van der Waals surface area contributed by atoms with Crippen molar-refractivity contribution in [2.45, 2.75) is 20.0 Å². The number of methoxy groups -OCH3 is 1. The number of aryl methyl sites for hydroxylation is 1. The zero-order chi connectivity index (χ0) is 20.4. The molecule has 0 bridgehead atoms. The molecule has 0 aliphatic carbocycles. The van der Waals surface area contributed by atoms with Crippen LogP contribution in [0.25, 0.3) is 11.0 Å². The fourth-order valence-electron chi connectivity index (χ4n) is 2.61. The number of esters is 1. The highest BCUT2D eigenvalue weighted by Crippen LogP contribution is 2.29. The number of ether oxygens (including phenoxy) is 2. The summed E-state index contributed by atoms with van der Waals surface area (Å²) in [5.41, 5.74) is 1.06. The lowest BCUT2D eigenvalue weighted by atomic mass is 10.1. The number of hydrogen-bond donors (Lipinski definition) is 1. The highest BCUT2D eigenvalue weighted by Gasteiger charge is 2.24. The van der Waals surface area contributed by atoms with E-state index in [-0.39, 0.29) is 11.4 Å². The molecule has 1 amide bonds. The molecule has 6 nitrogen and oxygen atoms in total. The van der Waals surface area contributed by atoms with E-state index in [1.807, 2.05) is 0 Å². The smallest absolute Gasteiger partial charge is 0.375 e. The van der Waals surface area contributed by atoms with Crippen molar-refractivity contribution in [2.75, 3.05) is 12.4 Å². The molecule has 1 N–H and O–H groups in total. The van der Waals surface area contributed by atoms with Gasteiger partial charge in [-0.2, -0.15) is 0 Å². The predicted molar refractivity (Wildman–Crippen MR) is 97.4 cm³/mol. The normalized spacial score (nSPS) is 11.9. The van der Waals surface area contributed by atoms with E-state index in [1.54, 1.807) is 25.1 Å². The molecule has 0 saturated carbocycles. The molecule has 1 aromatic heterocycles. The number of hydrogen-bond acceptors (Lipinski definition) is 5. The quantitative estimate of drug-likeness (QED) is 0.662. The number of benzene rings is 2. The van der Waals surface area contributed by atoms with Crippen LogP contribution in [0.3, 0.4) is 0 Å². The van der Waals surface area contributed by atoms with Gasteiger partial charge in [0.05, 0.1) is 7.11 Å². The van der Waals surface area contributed by atoms with Crippen molar-refractivity contribution in [1.82, 2.24) is 0 Å². The standard InChI is InChI=1S/C20H17F2NO5/c1-10-14-9-13(26-3)5-7-17(14)28-18(10)20(25)27-11(2)19(24)23-12-4-6-15(21)16(22)8-12/h4-9,11H,1-3H3,(H,23,24)/t11-/m0/s1. The second kappa shape index (κ2) is 7.67. The molecule has 2 aromatic carbocycles. The van der Waals surface area contributed by atoms with E-state index >= 15 is 0 Å². The molecule has 28 heavy (non-hydrogen) atoms. The Kier molecular flexibility index (Phi) is 5.30. The summed E-state index contributed by atoms with van der Waals surface area (Å²) in [4.78, 5) is 24.6. The fourth-order valence-corrected chi connectivity index (χ4v) is 2.61. The van der Waals surface area contributed by atoms with Crippen molar-refractivity contribution in [3.63, 3.8) is 0 Å². The number of halogens is 2. The first-order chi connectivity index (χ1) is 13.3. The van der Waals surface area contributed by atoms with Gasteiger partial charge in [-0.25, -0.2) is 13.6 Å². The number of rotatable bonds is 5. The third-order valence-electron chi connectivity index (χ3n) is 4.17. The van der Waals surface area contributed by atoms with E-state index in [1.165, 1.54) is 20.1 Å². The monoisotopic (exact) mass is 389 g/mol. The van der Waals surface area contributed by atoms with Crippen molar-refractivity contribution in [1.29, 1.82) is 0 Å². The van der Waals surface area contributed by atoms with Crippen LogP contribution in [0.2, 0.25) is 0 Å². The molecular weight excluding hydrogens is 372 g/mol. The molecule has 0 radical (unpaired) electrons. The molecule has 3 aromatic rings. The fraction of sp³-hybridized carbons (Fsp3) is 0.200.